The number of nitro groups is 1. The molecule has 0 bridgehead atoms. The summed E-state index contributed by atoms with van der Waals surface area (Å²) in [6.45, 7) is 0. The molecule has 0 saturated carbocycles. The van der Waals surface area contributed by atoms with E-state index in [2.05, 4.69) is 15.0 Å². The van der Waals surface area contributed by atoms with E-state index in [1.54, 1.807) is 36.5 Å². The molecule has 2 atom stereocenters. The van der Waals surface area contributed by atoms with Gasteiger partial charge >= 0.3 is 0 Å². The predicted octanol–water partition coefficient (Wildman–Crippen LogP) is 4.34. The third-order valence-electron chi connectivity index (χ3n) is 6.28. The molecule has 39 heavy (non-hydrogen) atoms. The second-order valence-electron chi connectivity index (χ2n) is 8.83. The van der Waals surface area contributed by atoms with Gasteiger partial charge in [-0.1, -0.05) is 6.07 Å². The Bertz CT molecular complexity index is 1640. The van der Waals surface area contributed by atoms with Crippen LogP contribution in [0.1, 0.15) is 23.5 Å². The summed E-state index contributed by atoms with van der Waals surface area (Å²) < 4.78 is 33.9. The first-order valence-electron chi connectivity index (χ1n) is 11.7. The second-order valence-corrected chi connectivity index (χ2v) is 11.0. The van der Waals surface area contributed by atoms with Gasteiger partial charge in [-0.2, -0.15) is 0 Å². The van der Waals surface area contributed by atoms with E-state index in [0.29, 0.717) is 16.5 Å². The number of aromatic nitrogens is 2. The van der Waals surface area contributed by atoms with Crippen molar-refractivity contribution in [2.45, 2.75) is 12.1 Å². The van der Waals surface area contributed by atoms with E-state index < -0.39 is 21.0 Å². The van der Waals surface area contributed by atoms with Gasteiger partial charge in [0.05, 0.1) is 35.7 Å². The Hall–Kier alpha value is -4.49. The summed E-state index contributed by atoms with van der Waals surface area (Å²) in [4.78, 5) is 17.2. The van der Waals surface area contributed by atoms with E-state index in [-0.39, 0.29) is 17.4 Å². The highest BCUT2D eigenvalue weighted by Crippen LogP contribution is 2.44. The molecular weight excluding hydrogens is 540 g/mol. The number of benzene rings is 2. The quantitative estimate of drug-likeness (QED) is 0.182. The highest BCUT2D eigenvalue weighted by Gasteiger charge is 2.42. The smallest absolute Gasteiger partial charge is 0.269 e. The molecular formula is C26H24N6O5S2. The second kappa shape index (κ2) is 10.3. The lowest BCUT2D eigenvalue weighted by Gasteiger charge is -2.29. The topological polar surface area (TPSA) is 132 Å². The first-order valence-corrected chi connectivity index (χ1v) is 14.0. The van der Waals surface area contributed by atoms with Crippen molar-refractivity contribution in [1.29, 1.82) is 0 Å². The molecule has 0 amide bonds. The van der Waals surface area contributed by atoms with Gasteiger partial charge in [-0.3, -0.25) is 19.8 Å². The van der Waals surface area contributed by atoms with Crippen molar-refractivity contribution in [3.05, 3.63) is 107 Å². The highest BCUT2D eigenvalue weighted by molar-refractivity contribution is 7.92. The Morgan fingerprint density at radius 2 is 1.82 bits per heavy atom. The van der Waals surface area contributed by atoms with Crippen LogP contribution in [0, 0.1) is 10.1 Å². The van der Waals surface area contributed by atoms with Gasteiger partial charge in [-0.05, 0) is 66.8 Å². The third kappa shape index (κ3) is 5.26. The highest BCUT2D eigenvalue weighted by atomic mass is 32.2. The first kappa shape index (κ1) is 26.1. The van der Waals surface area contributed by atoms with E-state index >= 15 is 0 Å². The fourth-order valence-corrected chi connectivity index (χ4v) is 5.57. The maximum atomic E-state index is 12.0. The fourth-order valence-electron chi connectivity index (χ4n) is 4.66. The molecule has 1 fully saturated rings. The molecule has 2 N–H and O–H groups in total. The molecule has 2 aromatic carbocycles. The maximum Gasteiger partial charge on any atom is 0.269 e. The third-order valence-corrected chi connectivity index (χ3v) is 7.18. The predicted molar refractivity (Wildman–Crippen MR) is 152 cm³/mol. The molecule has 3 heterocycles. The summed E-state index contributed by atoms with van der Waals surface area (Å²) in [5.74, 6) is 0.356. The lowest BCUT2D eigenvalue weighted by Crippen LogP contribution is -2.30. The zero-order chi connectivity index (χ0) is 27.7. The largest absolute Gasteiger partial charge is 0.495 e. The van der Waals surface area contributed by atoms with Gasteiger partial charge < -0.3 is 19.5 Å². The lowest BCUT2D eigenvalue weighted by molar-refractivity contribution is -0.384. The van der Waals surface area contributed by atoms with Crippen molar-refractivity contribution in [3.63, 3.8) is 0 Å². The zero-order valence-electron chi connectivity index (χ0n) is 20.9. The van der Waals surface area contributed by atoms with Crippen molar-refractivity contribution in [2.24, 2.45) is 0 Å². The molecule has 2 aromatic heterocycles. The lowest BCUT2D eigenvalue weighted by atomic mass is 10.0. The molecule has 0 unspecified atom stereocenters. The normalized spacial score (nSPS) is 17.1. The van der Waals surface area contributed by atoms with Crippen LogP contribution in [-0.4, -0.2) is 41.4 Å². The van der Waals surface area contributed by atoms with Crippen LogP contribution in [0.25, 0.3) is 5.69 Å². The number of thiocarbonyl (C=S) groups is 1. The summed E-state index contributed by atoms with van der Waals surface area (Å²) >= 11 is 5.80. The van der Waals surface area contributed by atoms with Crippen LogP contribution < -0.4 is 19.7 Å². The summed E-state index contributed by atoms with van der Waals surface area (Å²) in [5.41, 5.74) is 3.21. The molecule has 0 radical (unpaired) electrons. The van der Waals surface area contributed by atoms with Crippen molar-refractivity contribution >= 4 is 44.4 Å². The molecule has 0 spiro atoms. The monoisotopic (exact) mass is 564 g/mol. The molecule has 200 valence electrons. The average molecular weight is 565 g/mol. The standard InChI is InChI=1S/C26H24N6O5S2/c1-37-23-13-12-19(16-21(23)29-39(2,35)36)31-25(24(28-26(31)38)20-6-3-4-14-27-20)22-7-5-15-30(22)17-8-10-18(11-9-17)32(33)34/h3-16,24-25,29H,1-2H3,(H,28,38)/t24-,25+/m1/s1. The average Bonchev–Trinajstić information content (AvgIpc) is 3.52. The Kier molecular flexibility index (Phi) is 6.93. The number of sulfonamides is 1. The molecule has 0 aliphatic carbocycles. The van der Waals surface area contributed by atoms with Gasteiger partial charge in [0.15, 0.2) is 5.11 Å². The summed E-state index contributed by atoms with van der Waals surface area (Å²) in [5, 5.41) is 15.0. The molecule has 1 aliphatic heterocycles. The molecule has 4 aromatic rings. The number of rotatable bonds is 8. The van der Waals surface area contributed by atoms with E-state index in [0.717, 1.165) is 23.3 Å². The van der Waals surface area contributed by atoms with Crippen LogP contribution in [0.2, 0.25) is 0 Å². The van der Waals surface area contributed by atoms with E-state index in [4.69, 9.17) is 17.0 Å². The SMILES string of the molecule is COc1ccc(N2C(=S)N[C@H](c3ccccn3)[C@@H]2c2cccn2-c2ccc([N+](=O)[O-])cc2)cc1NS(C)(=O)=O. The summed E-state index contributed by atoms with van der Waals surface area (Å²) in [6.07, 6.45) is 4.64. The minimum Gasteiger partial charge on any atom is -0.495 e. The van der Waals surface area contributed by atoms with Crippen molar-refractivity contribution < 1.29 is 18.1 Å². The van der Waals surface area contributed by atoms with Gasteiger partial charge in [-0.15, -0.1) is 0 Å². The van der Waals surface area contributed by atoms with Crippen LogP contribution in [0.5, 0.6) is 5.75 Å². The molecule has 5 rings (SSSR count). The minimum atomic E-state index is -3.59. The van der Waals surface area contributed by atoms with Crippen molar-refractivity contribution in [3.8, 4) is 11.4 Å². The van der Waals surface area contributed by atoms with Crippen LogP contribution in [0.3, 0.4) is 0 Å². The van der Waals surface area contributed by atoms with Gasteiger partial charge in [0.2, 0.25) is 10.0 Å². The van der Waals surface area contributed by atoms with Gasteiger partial charge in [0, 0.05) is 41.6 Å². The van der Waals surface area contributed by atoms with Crippen molar-refractivity contribution in [2.75, 3.05) is 23.0 Å². The Morgan fingerprint density at radius 3 is 2.46 bits per heavy atom. The Labute approximate surface area is 230 Å². The molecule has 1 aliphatic rings. The summed E-state index contributed by atoms with van der Waals surface area (Å²) in [6, 6.07) is 20.1. The fraction of sp³-hybridized carbons (Fsp3) is 0.154. The Balaban J connectivity index is 1.65. The van der Waals surface area contributed by atoms with Crippen LogP contribution in [-0.2, 0) is 10.0 Å². The van der Waals surface area contributed by atoms with Crippen molar-refractivity contribution in [1.82, 2.24) is 14.9 Å². The number of nitro benzene ring substituents is 1. The number of ether oxygens (including phenoxy) is 1. The summed E-state index contributed by atoms with van der Waals surface area (Å²) in [7, 11) is -2.13. The minimum absolute atomic E-state index is 0.00621. The van der Waals surface area contributed by atoms with Gasteiger partial charge in [-0.25, -0.2) is 8.42 Å². The molecule has 11 nitrogen and oxygen atoms in total. The number of methoxy groups -OCH3 is 1. The van der Waals surface area contributed by atoms with Crippen LogP contribution >= 0.6 is 12.2 Å². The number of nitrogens with one attached hydrogen (secondary N) is 2. The number of nitrogens with zero attached hydrogens (tertiary/aromatic N) is 4. The Morgan fingerprint density at radius 1 is 1.08 bits per heavy atom. The van der Waals surface area contributed by atoms with Gasteiger partial charge in [0.25, 0.3) is 5.69 Å². The van der Waals surface area contributed by atoms with E-state index in [1.807, 2.05) is 46.0 Å². The van der Waals surface area contributed by atoms with E-state index in [1.165, 1.54) is 19.2 Å². The molecule has 13 heteroatoms. The van der Waals surface area contributed by atoms with E-state index in [9.17, 15) is 18.5 Å². The maximum absolute atomic E-state index is 12.0. The number of pyridine rings is 1. The van der Waals surface area contributed by atoms with Gasteiger partial charge in [0.1, 0.15) is 11.8 Å². The zero-order valence-corrected chi connectivity index (χ0v) is 22.5. The van der Waals surface area contributed by atoms with Crippen LogP contribution in [0.4, 0.5) is 17.1 Å². The first-order chi connectivity index (χ1) is 18.7. The number of non-ortho nitro benzene ring substituents is 1. The molecule has 1 saturated heterocycles. The number of anilines is 2. The number of hydrogen-bond acceptors (Lipinski definition) is 7. The van der Waals surface area contributed by atoms with Crippen LogP contribution in [0.15, 0.2) is 85.2 Å². The number of hydrogen-bond donors (Lipinski definition) is 2.